The minimum absolute atomic E-state index is 0.223. The Labute approximate surface area is 191 Å². The van der Waals surface area contributed by atoms with Gasteiger partial charge in [-0.1, -0.05) is 42.5 Å². The molecule has 0 bridgehead atoms. The van der Waals surface area contributed by atoms with Crippen molar-refractivity contribution in [2.45, 2.75) is 12.6 Å². The lowest BCUT2D eigenvalue weighted by atomic mass is 10.0. The molecule has 168 valence electrons. The SMILES string of the molecule is Fc1ccc(Cn2nnnc2C(c2ccc(F)cc2)N2CCN(c3ccccc3)CC2)cc1. The predicted octanol–water partition coefficient (Wildman–Crippen LogP) is 3.91. The number of halogens is 2. The Kier molecular flexibility index (Phi) is 6.08. The van der Waals surface area contributed by atoms with Crippen molar-refractivity contribution in [2.75, 3.05) is 31.1 Å². The summed E-state index contributed by atoms with van der Waals surface area (Å²) in [6, 6.07) is 23.0. The number of anilines is 1. The molecule has 1 fully saturated rings. The highest BCUT2D eigenvalue weighted by Crippen LogP contribution is 2.29. The number of nitrogens with zero attached hydrogens (tertiary/aromatic N) is 6. The standard InChI is InChI=1S/C25H24F2N6/c26-21-10-6-19(7-11-21)18-33-25(28-29-30-33)24(20-8-12-22(27)13-9-20)32-16-14-31(15-17-32)23-4-2-1-3-5-23/h1-13,24H,14-18H2. The van der Waals surface area contributed by atoms with Gasteiger partial charge < -0.3 is 4.90 Å². The molecule has 0 spiro atoms. The van der Waals surface area contributed by atoms with Crippen LogP contribution < -0.4 is 4.90 Å². The Morgan fingerprint density at radius 1 is 0.758 bits per heavy atom. The Morgan fingerprint density at radius 2 is 1.39 bits per heavy atom. The third kappa shape index (κ3) is 4.75. The summed E-state index contributed by atoms with van der Waals surface area (Å²) in [4.78, 5) is 4.69. The number of aromatic nitrogens is 4. The van der Waals surface area contributed by atoms with E-state index in [0.29, 0.717) is 12.4 Å². The molecule has 1 aliphatic rings. The van der Waals surface area contributed by atoms with Crippen LogP contribution in [0.15, 0.2) is 78.9 Å². The lowest BCUT2D eigenvalue weighted by Crippen LogP contribution is -2.48. The number of hydrogen-bond donors (Lipinski definition) is 0. The third-order valence-electron chi connectivity index (χ3n) is 6.04. The summed E-state index contributed by atoms with van der Waals surface area (Å²) in [6.45, 7) is 3.76. The lowest BCUT2D eigenvalue weighted by Gasteiger charge is -2.39. The molecule has 1 unspecified atom stereocenters. The van der Waals surface area contributed by atoms with Gasteiger partial charge in [0.15, 0.2) is 5.82 Å². The Hall–Kier alpha value is -3.65. The smallest absolute Gasteiger partial charge is 0.173 e. The van der Waals surface area contributed by atoms with Gasteiger partial charge in [-0.25, -0.2) is 13.5 Å². The number of hydrogen-bond acceptors (Lipinski definition) is 5. The van der Waals surface area contributed by atoms with Gasteiger partial charge in [0, 0.05) is 31.9 Å². The quantitative estimate of drug-likeness (QED) is 0.450. The van der Waals surface area contributed by atoms with Crippen LogP contribution in [-0.4, -0.2) is 51.3 Å². The number of piperazine rings is 1. The highest BCUT2D eigenvalue weighted by Gasteiger charge is 2.30. The molecule has 5 rings (SSSR count). The van der Waals surface area contributed by atoms with E-state index in [4.69, 9.17) is 0 Å². The third-order valence-corrected chi connectivity index (χ3v) is 6.04. The molecule has 6 nitrogen and oxygen atoms in total. The van der Waals surface area contributed by atoms with E-state index in [1.807, 2.05) is 18.2 Å². The van der Waals surface area contributed by atoms with Crippen LogP contribution in [0.2, 0.25) is 0 Å². The Bertz CT molecular complexity index is 1170. The van der Waals surface area contributed by atoms with E-state index in [1.54, 1.807) is 28.9 Å². The van der Waals surface area contributed by atoms with Gasteiger partial charge in [0.25, 0.3) is 0 Å². The molecular formula is C25H24F2N6. The Balaban J connectivity index is 1.42. The zero-order valence-electron chi connectivity index (χ0n) is 18.1. The molecule has 1 aliphatic heterocycles. The van der Waals surface area contributed by atoms with Crippen molar-refractivity contribution in [3.8, 4) is 0 Å². The summed E-state index contributed by atoms with van der Waals surface area (Å²) < 4.78 is 28.8. The maximum atomic E-state index is 13.7. The summed E-state index contributed by atoms with van der Waals surface area (Å²) in [7, 11) is 0. The van der Waals surface area contributed by atoms with E-state index in [9.17, 15) is 8.78 Å². The van der Waals surface area contributed by atoms with Crippen LogP contribution >= 0.6 is 0 Å². The number of rotatable bonds is 6. The van der Waals surface area contributed by atoms with Crippen LogP contribution in [0.4, 0.5) is 14.5 Å². The second-order valence-corrected chi connectivity index (χ2v) is 8.13. The summed E-state index contributed by atoms with van der Waals surface area (Å²) in [5.74, 6) is 0.118. The molecule has 0 N–H and O–H groups in total. The van der Waals surface area contributed by atoms with Gasteiger partial charge in [-0.3, -0.25) is 4.90 Å². The summed E-state index contributed by atoms with van der Waals surface area (Å²) in [6.07, 6.45) is 0. The van der Waals surface area contributed by atoms with Gasteiger partial charge in [0.2, 0.25) is 0 Å². The first-order chi connectivity index (χ1) is 16.2. The highest BCUT2D eigenvalue weighted by atomic mass is 19.1. The van der Waals surface area contributed by atoms with Gasteiger partial charge in [0.1, 0.15) is 11.6 Å². The minimum atomic E-state index is -0.281. The summed E-state index contributed by atoms with van der Waals surface area (Å²) >= 11 is 0. The maximum absolute atomic E-state index is 13.7. The van der Waals surface area contributed by atoms with Crippen LogP contribution in [0.5, 0.6) is 0 Å². The maximum Gasteiger partial charge on any atom is 0.173 e. The lowest BCUT2D eigenvalue weighted by molar-refractivity contribution is 0.201. The molecule has 8 heteroatoms. The van der Waals surface area contributed by atoms with Crippen LogP contribution in [0.1, 0.15) is 23.0 Å². The molecule has 0 saturated carbocycles. The predicted molar refractivity (Wildman–Crippen MR) is 122 cm³/mol. The van der Waals surface area contributed by atoms with Crippen molar-refractivity contribution in [2.24, 2.45) is 0 Å². The average molecular weight is 447 g/mol. The van der Waals surface area contributed by atoms with Crippen molar-refractivity contribution < 1.29 is 8.78 Å². The molecule has 0 amide bonds. The van der Waals surface area contributed by atoms with Crippen LogP contribution in [0.25, 0.3) is 0 Å². The molecule has 2 heterocycles. The van der Waals surface area contributed by atoms with E-state index in [-0.39, 0.29) is 17.7 Å². The zero-order chi connectivity index (χ0) is 22.6. The van der Waals surface area contributed by atoms with Crippen molar-refractivity contribution in [1.29, 1.82) is 0 Å². The molecule has 3 aromatic carbocycles. The number of tetrazole rings is 1. The largest absolute Gasteiger partial charge is 0.369 e. The monoisotopic (exact) mass is 446 g/mol. The van der Waals surface area contributed by atoms with E-state index in [0.717, 1.165) is 37.3 Å². The van der Waals surface area contributed by atoms with Crippen molar-refractivity contribution >= 4 is 5.69 Å². The summed E-state index contributed by atoms with van der Waals surface area (Å²) in [5.41, 5.74) is 3.04. The van der Waals surface area contributed by atoms with Gasteiger partial charge in [-0.15, -0.1) is 5.10 Å². The first-order valence-electron chi connectivity index (χ1n) is 11.0. The molecule has 0 aliphatic carbocycles. The molecular weight excluding hydrogens is 422 g/mol. The van der Waals surface area contributed by atoms with E-state index >= 15 is 0 Å². The highest BCUT2D eigenvalue weighted by molar-refractivity contribution is 5.46. The molecule has 0 radical (unpaired) electrons. The van der Waals surface area contributed by atoms with Crippen molar-refractivity contribution in [1.82, 2.24) is 25.1 Å². The van der Waals surface area contributed by atoms with Gasteiger partial charge in [-0.2, -0.15) is 0 Å². The van der Waals surface area contributed by atoms with E-state index in [2.05, 4.69) is 37.5 Å². The van der Waals surface area contributed by atoms with Gasteiger partial charge in [0.05, 0.1) is 12.6 Å². The number of benzene rings is 3. The van der Waals surface area contributed by atoms with Crippen LogP contribution in [0, 0.1) is 11.6 Å². The fraction of sp³-hybridized carbons (Fsp3) is 0.240. The molecule has 33 heavy (non-hydrogen) atoms. The first kappa shape index (κ1) is 21.2. The van der Waals surface area contributed by atoms with Crippen molar-refractivity contribution in [3.05, 3.63) is 107 Å². The molecule has 1 atom stereocenters. The zero-order valence-corrected chi connectivity index (χ0v) is 18.1. The molecule has 1 aromatic heterocycles. The second-order valence-electron chi connectivity index (χ2n) is 8.13. The average Bonchev–Trinajstić information content (AvgIpc) is 3.30. The van der Waals surface area contributed by atoms with Gasteiger partial charge >= 0.3 is 0 Å². The van der Waals surface area contributed by atoms with E-state index < -0.39 is 0 Å². The van der Waals surface area contributed by atoms with Crippen LogP contribution in [0.3, 0.4) is 0 Å². The number of para-hydroxylation sites is 1. The fourth-order valence-electron chi connectivity index (χ4n) is 4.33. The van der Waals surface area contributed by atoms with Crippen molar-refractivity contribution in [3.63, 3.8) is 0 Å². The second kappa shape index (κ2) is 9.46. The Morgan fingerprint density at radius 3 is 2.06 bits per heavy atom. The van der Waals surface area contributed by atoms with E-state index in [1.165, 1.54) is 30.0 Å². The van der Waals surface area contributed by atoms with Crippen LogP contribution in [-0.2, 0) is 6.54 Å². The fourth-order valence-corrected chi connectivity index (χ4v) is 4.33. The normalized spacial score (nSPS) is 15.5. The topological polar surface area (TPSA) is 50.1 Å². The first-order valence-corrected chi connectivity index (χ1v) is 11.0. The minimum Gasteiger partial charge on any atom is -0.369 e. The molecule has 1 saturated heterocycles. The molecule has 4 aromatic rings. The van der Waals surface area contributed by atoms with Gasteiger partial charge in [-0.05, 0) is 58.0 Å². The summed E-state index contributed by atoms with van der Waals surface area (Å²) in [5, 5.41) is 12.5.